The van der Waals surface area contributed by atoms with Crippen molar-refractivity contribution in [3.63, 3.8) is 0 Å². The minimum absolute atomic E-state index is 0.119. The van der Waals surface area contributed by atoms with Crippen molar-refractivity contribution in [3.05, 3.63) is 95.6 Å². The zero-order chi connectivity index (χ0) is 18.4. The lowest BCUT2D eigenvalue weighted by atomic mass is 9.94. The fourth-order valence-electron chi connectivity index (χ4n) is 2.83. The third-order valence-corrected chi connectivity index (χ3v) is 4.02. The molecule has 0 saturated carbocycles. The molecule has 3 aromatic carbocycles. The van der Waals surface area contributed by atoms with Crippen LogP contribution >= 0.6 is 0 Å². The normalized spacial score (nSPS) is 11.1. The molecule has 130 valence electrons. The Bertz CT molecular complexity index is 915. The van der Waals surface area contributed by atoms with Gasteiger partial charge >= 0.3 is 0 Å². The maximum atomic E-state index is 11.7. The number of methoxy groups -OCH3 is 1. The summed E-state index contributed by atoms with van der Waals surface area (Å²) in [5.41, 5.74) is 4.87. The van der Waals surface area contributed by atoms with Gasteiger partial charge in [0.2, 0.25) is 5.91 Å². The number of ether oxygens (including phenoxy) is 1. The van der Waals surface area contributed by atoms with E-state index in [-0.39, 0.29) is 5.91 Å². The molecule has 3 nitrogen and oxygen atoms in total. The van der Waals surface area contributed by atoms with E-state index < -0.39 is 0 Å². The molecule has 1 amide bonds. The average Bonchev–Trinajstić information content (AvgIpc) is 2.67. The van der Waals surface area contributed by atoms with Gasteiger partial charge in [-0.05, 0) is 34.9 Å². The highest BCUT2D eigenvalue weighted by Gasteiger charge is 2.13. The van der Waals surface area contributed by atoms with E-state index in [4.69, 9.17) is 4.74 Å². The first-order valence-electron chi connectivity index (χ1n) is 8.45. The SMILES string of the molecule is COc1ccc(C(=Cc2ccccc2)c2ccccc2)c(NC(C)=O)c1. The lowest BCUT2D eigenvalue weighted by molar-refractivity contribution is -0.114. The van der Waals surface area contributed by atoms with Crippen molar-refractivity contribution >= 4 is 23.2 Å². The highest BCUT2D eigenvalue weighted by Crippen LogP contribution is 2.34. The van der Waals surface area contributed by atoms with Crippen LogP contribution in [0.4, 0.5) is 5.69 Å². The summed E-state index contributed by atoms with van der Waals surface area (Å²) >= 11 is 0. The van der Waals surface area contributed by atoms with Gasteiger partial charge in [0.05, 0.1) is 12.8 Å². The lowest BCUT2D eigenvalue weighted by Crippen LogP contribution is -2.08. The van der Waals surface area contributed by atoms with Crippen LogP contribution in [0.5, 0.6) is 5.75 Å². The van der Waals surface area contributed by atoms with Gasteiger partial charge in [-0.2, -0.15) is 0 Å². The molecule has 3 aromatic rings. The van der Waals surface area contributed by atoms with Crippen LogP contribution in [0.15, 0.2) is 78.9 Å². The zero-order valence-corrected chi connectivity index (χ0v) is 14.9. The lowest BCUT2D eigenvalue weighted by Gasteiger charge is -2.16. The van der Waals surface area contributed by atoms with Crippen LogP contribution in [-0.2, 0) is 4.79 Å². The van der Waals surface area contributed by atoms with E-state index in [1.165, 1.54) is 6.92 Å². The number of benzene rings is 3. The Hall–Kier alpha value is -3.33. The summed E-state index contributed by atoms with van der Waals surface area (Å²) in [5, 5.41) is 2.92. The van der Waals surface area contributed by atoms with Crippen LogP contribution < -0.4 is 10.1 Å². The summed E-state index contributed by atoms with van der Waals surface area (Å²) in [5.74, 6) is 0.580. The first kappa shape index (κ1) is 17.5. The average molecular weight is 343 g/mol. The number of carbonyl (C=O) groups excluding carboxylic acids is 1. The molecule has 0 radical (unpaired) electrons. The predicted molar refractivity (Wildman–Crippen MR) is 107 cm³/mol. The van der Waals surface area contributed by atoms with Gasteiger partial charge in [-0.1, -0.05) is 60.7 Å². The van der Waals surface area contributed by atoms with Crippen LogP contribution in [-0.4, -0.2) is 13.0 Å². The van der Waals surface area contributed by atoms with E-state index >= 15 is 0 Å². The summed E-state index contributed by atoms with van der Waals surface area (Å²) in [7, 11) is 1.62. The summed E-state index contributed by atoms with van der Waals surface area (Å²) in [6.07, 6.45) is 2.13. The highest BCUT2D eigenvalue weighted by molar-refractivity contribution is 5.99. The standard InChI is InChI=1S/C23H21NO2/c1-17(25)24-23-16-20(26-2)13-14-21(23)22(19-11-7-4-8-12-19)15-18-9-5-3-6-10-18/h3-16H,1-2H3,(H,24,25). The predicted octanol–water partition coefficient (Wildman–Crippen LogP) is 5.24. The molecule has 0 unspecified atom stereocenters. The van der Waals surface area contributed by atoms with Crippen LogP contribution in [0.25, 0.3) is 11.6 Å². The van der Waals surface area contributed by atoms with Crippen molar-refractivity contribution in [3.8, 4) is 5.75 Å². The molecule has 0 aliphatic carbocycles. The Labute approximate surface area is 154 Å². The van der Waals surface area contributed by atoms with E-state index in [9.17, 15) is 4.79 Å². The third kappa shape index (κ3) is 4.19. The van der Waals surface area contributed by atoms with E-state index in [0.717, 1.165) is 28.0 Å². The van der Waals surface area contributed by atoms with E-state index in [1.807, 2.05) is 54.6 Å². The summed E-state index contributed by atoms with van der Waals surface area (Å²) in [4.78, 5) is 11.7. The number of rotatable bonds is 5. The minimum Gasteiger partial charge on any atom is -0.497 e. The van der Waals surface area contributed by atoms with Crippen molar-refractivity contribution in [2.24, 2.45) is 0 Å². The Morgan fingerprint density at radius 1 is 0.923 bits per heavy atom. The first-order chi connectivity index (χ1) is 12.7. The monoisotopic (exact) mass is 343 g/mol. The van der Waals surface area contributed by atoms with Gasteiger partial charge in [0, 0.05) is 18.6 Å². The van der Waals surface area contributed by atoms with Crippen LogP contribution in [0.3, 0.4) is 0 Å². The molecule has 0 saturated heterocycles. The smallest absolute Gasteiger partial charge is 0.221 e. The van der Waals surface area contributed by atoms with Crippen molar-refractivity contribution in [1.29, 1.82) is 0 Å². The number of amides is 1. The van der Waals surface area contributed by atoms with Crippen molar-refractivity contribution in [2.75, 3.05) is 12.4 Å². The van der Waals surface area contributed by atoms with Gasteiger partial charge in [0.25, 0.3) is 0 Å². The Morgan fingerprint density at radius 2 is 1.58 bits per heavy atom. The highest BCUT2D eigenvalue weighted by atomic mass is 16.5. The van der Waals surface area contributed by atoms with E-state index in [2.05, 4.69) is 35.7 Å². The number of carbonyl (C=O) groups is 1. The number of anilines is 1. The molecular formula is C23H21NO2. The fourth-order valence-corrected chi connectivity index (χ4v) is 2.83. The van der Waals surface area contributed by atoms with E-state index in [0.29, 0.717) is 5.75 Å². The molecule has 0 aromatic heterocycles. The van der Waals surface area contributed by atoms with Gasteiger partial charge in [0.1, 0.15) is 5.75 Å². The molecule has 0 heterocycles. The molecule has 1 N–H and O–H groups in total. The molecule has 0 fully saturated rings. The van der Waals surface area contributed by atoms with Crippen molar-refractivity contribution in [2.45, 2.75) is 6.92 Å². The largest absolute Gasteiger partial charge is 0.497 e. The molecule has 3 heteroatoms. The van der Waals surface area contributed by atoms with Crippen LogP contribution in [0.1, 0.15) is 23.6 Å². The molecule has 0 aliphatic heterocycles. The molecule has 3 rings (SSSR count). The maximum absolute atomic E-state index is 11.7. The fraction of sp³-hybridized carbons (Fsp3) is 0.0870. The quantitative estimate of drug-likeness (QED) is 0.643. The van der Waals surface area contributed by atoms with Crippen molar-refractivity contribution < 1.29 is 9.53 Å². The summed E-state index contributed by atoms with van der Waals surface area (Å²) < 4.78 is 5.32. The van der Waals surface area contributed by atoms with Gasteiger partial charge < -0.3 is 10.1 Å². The van der Waals surface area contributed by atoms with Gasteiger partial charge in [-0.15, -0.1) is 0 Å². The molecule has 26 heavy (non-hydrogen) atoms. The summed E-state index contributed by atoms with van der Waals surface area (Å²) in [6, 6.07) is 26.0. The molecule has 0 atom stereocenters. The Kier molecular flexibility index (Phi) is 5.49. The topological polar surface area (TPSA) is 38.3 Å². The van der Waals surface area contributed by atoms with Crippen LogP contribution in [0.2, 0.25) is 0 Å². The van der Waals surface area contributed by atoms with Gasteiger partial charge in [-0.25, -0.2) is 0 Å². The number of nitrogens with one attached hydrogen (secondary N) is 1. The summed E-state index contributed by atoms with van der Waals surface area (Å²) in [6.45, 7) is 1.51. The maximum Gasteiger partial charge on any atom is 0.221 e. The first-order valence-corrected chi connectivity index (χ1v) is 8.45. The Balaban J connectivity index is 2.19. The van der Waals surface area contributed by atoms with E-state index in [1.54, 1.807) is 7.11 Å². The second kappa shape index (κ2) is 8.17. The second-order valence-corrected chi connectivity index (χ2v) is 5.93. The number of hydrogen-bond donors (Lipinski definition) is 1. The molecule has 0 spiro atoms. The zero-order valence-electron chi connectivity index (χ0n) is 14.9. The molecule has 0 bridgehead atoms. The minimum atomic E-state index is -0.119. The number of hydrogen-bond acceptors (Lipinski definition) is 2. The van der Waals surface area contributed by atoms with Gasteiger partial charge in [0.15, 0.2) is 0 Å². The Morgan fingerprint density at radius 3 is 2.19 bits per heavy atom. The third-order valence-electron chi connectivity index (χ3n) is 4.02. The van der Waals surface area contributed by atoms with Crippen LogP contribution in [0, 0.1) is 0 Å². The molecular weight excluding hydrogens is 322 g/mol. The van der Waals surface area contributed by atoms with Gasteiger partial charge in [-0.3, -0.25) is 4.79 Å². The second-order valence-electron chi connectivity index (χ2n) is 5.93. The molecule has 0 aliphatic rings. The van der Waals surface area contributed by atoms with Crippen molar-refractivity contribution in [1.82, 2.24) is 0 Å².